The molecule has 0 aromatic carbocycles. The molecule has 0 aliphatic heterocycles. The molecular weight excluding hydrogens is 336 g/mol. The Kier molecular flexibility index (Phi) is 4.37. The summed E-state index contributed by atoms with van der Waals surface area (Å²) in [5.74, 6) is -0.146. The molecule has 1 unspecified atom stereocenters. The van der Waals surface area contributed by atoms with Crippen LogP contribution in [0.1, 0.15) is 28.2 Å². The van der Waals surface area contributed by atoms with Crippen molar-refractivity contribution in [3.05, 3.63) is 49.8 Å². The Morgan fingerprint density at radius 2 is 2.22 bits per heavy atom. The van der Waals surface area contributed by atoms with Crippen molar-refractivity contribution in [1.29, 1.82) is 0 Å². The van der Waals surface area contributed by atoms with Gasteiger partial charge >= 0.3 is 0 Å². The minimum absolute atomic E-state index is 0.0707. The number of thiophene rings is 1. The SMILES string of the molecule is CC(NC(=O)c1ccc(Br)nc1)c1ccc(Cl)s1. The summed E-state index contributed by atoms with van der Waals surface area (Å²) in [5, 5.41) is 2.90. The largest absolute Gasteiger partial charge is 0.345 e. The van der Waals surface area contributed by atoms with E-state index in [-0.39, 0.29) is 11.9 Å². The Labute approximate surface area is 122 Å². The number of halogens is 2. The fourth-order valence-corrected chi connectivity index (χ4v) is 2.72. The maximum atomic E-state index is 12.0. The molecule has 2 aromatic rings. The molecule has 94 valence electrons. The van der Waals surface area contributed by atoms with Crippen LogP contribution < -0.4 is 5.32 Å². The van der Waals surface area contributed by atoms with Crippen LogP contribution in [-0.2, 0) is 0 Å². The summed E-state index contributed by atoms with van der Waals surface area (Å²) in [6.07, 6.45) is 1.54. The van der Waals surface area contributed by atoms with Crippen molar-refractivity contribution >= 4 is 44.8 Å². The molecule has 2 aromatic heterocycles. The number of nitrogens with zero attached hydrogens (tertiary/aromatic N) is 1. The standard InChI is InChI=1S/C12H10BrClN2OS/c1-7(9-3-5-11(14)18-9)16-12(17)8-2-4-10(13)15-6-8/h2-7H,1H3,(H,16,17). The summed E-state index contributed by atoms with van der Waals surface area (Å²) < 4.78 is 1.42. The van der Waals surface area contributed by atoms with Crippen LogP contribution in [0.3, 0.4) is 0 Å². The minimum atomic E-state index is -0.146. The fourth-order valence-electron chi connectivity index (χ4n) is 1.42. The van der Waals surface area contributed by atoms with E-state index < -0.39 is 0 Å². The third kappa shape index (κ3) is 3.31. The van der Waals surface area contributed by atoms with E-state index >= 15 is 0 Å². The van der Waals surface area contributed by atoms with Gasteiger partial charge in [0.2, 0.25) is 0 Å². The number of rotatable bonds is 3. The average molecular weight is 346 g/mol. The van der Waals surface area contributed by atoms with Crippen molar-refractivity contribution in [2.75, 3.05) is 0 Å². The van der Waals surface area contributed by atoms with Gasteiger partial charge in [-0.25, -0.2) is 4.98 Å². The zero-order chi connectivity index (χ0) is 13.1. The molecule has 0 spiro atoms. The molecule has 0 fully saturated rings. The average Bonchev–Trinajstić information content (AvgIpc) is 2.76. The number of hydrogen-bond acceptors (Lipinski definition) is 3. The minimum Gasteiger partial charge on any atom is -0.345 e. The molecule has 0 aliphatic carbocycles. The Balaban J connectivity index is 2.05. The van der Waals surface area contributed by atoms with E-state index in [1.165, 1.54) is 17.5 Å². The van der Waals surface area contributed by atoms with Gasteiger partial charge in [-0.15, -0.1) is 11.3 Å². The van der Waals surface area contributed by atoms with Crippen molar-refractivity contribution < 1.29 is 4.79 Å². The molecule has 0 saturated carbocycles. The predicted molar refractivity (Wildman–Crippen MR) is 77.1 cm³/mol. The molecule has 6 heteroatoms. The number of amides is 1. The number of hydrogen-bond donors (Lipinski definition) is 1. The Bertz CT molecular complexity index is 555. The van der Waals surface area contributed by atoms with Crippen molar-refractivity contribution in [3.63, 3.8) is 0 Å². The van der Waals surface area contributed by atoms with E-state index in [1.54, 1.807) is 12.1 Å². The van der Waals surface area contributed by atoms with Gasteiger partial charge in [0.1, 0.15) is 4.60 Å². The third-order valence-electron chi connectivity index (χ3n) is 2.36. The van der Waals surface area contributed by atoms with E-state index in [1.807, 2.05) is 19.1 Å². The number of nitrogens with one attached hydrogen (secondary N) is 1. The fraction of sp³-hybridized carbons (Fsp3) is 0.167. The van der Waals surface area contributed by atoms with E-state index in [0.29, 0.717) is 10.2 Å². The summed E-state index contributed by atoms with van der Waals surface area (Å²) in [4.78, 5) is 17.0. The highest BCUT2D eigenvalue weighted by atomic mass is 79.9. The highest BCUT2D eigenvalue weighted by Gasteiger charge is 2.13. The lowest BCUT2D eigenvalue weighted by Gasteiger charge is -2.11. The monoisotopic (exact) mass is 344 g/mol. The highest BCUT2D eigenvalue weighted by molar-refractivity contribution is 9.10. The lowest BCUT2D eigenvalue weighted by molar-refractivity contribution is 0.0940. The zero-order valence-electron chi connectivity index (χ0n) is 9.48. The van der Waals surface area contributed by atoms with Crippen LogP contribution in [0.25, 0.3) is 0 Å². The third-order valence-corrected chi connectivity index (χ3v) is 4.24. The zero-order valence-corrected chi connectivity index (χ0v) is 12.6. The number of carbonyl (C=O) groups is 1. The highest BCUT2D eigenvalue weighted by Crippen LogP contribution is 2.26. The normalized spacial score (nSPS) is 12.2. The maximum absolute atomic E-state index is 12.0. The molecule has 0 saturated heterocycles. The van der Waals surface area contributed by atoms with Crippen LogP contribution in [0.2, 0.25) is 4.34 Å². The van der Waals surface area contributed by atoms with Crippen molar-refractivity contribution in [2.24, 2.45) is 0 Å². The topological polar surface area (TPSA) is 42.0 Å². The van der Waals surface area contributed by atoms with Gasteiger partial charge in [-0.3, -0.25) is 4.79 Å². The first kappa shape index (κ1) is 13.5. The van der Waals surface area contributed by atoms with Gasteiger partial charge < -0.3 is 5.32 Å². The lowest BCUT2D eigenvalue weighted by atomic mass is 10.2. The summed E-state index contributed by atoms with van der Waals surface area (Å²) in [6.45, 7) is 1.92. The smallest absolute Gasteiger partial charge is 0.253 e. The lowest BCUT2D eigenvalue weighted by Crippen LogP contribution is -2.26. The van der Waals surface area contributed by atoms with Crippen LogP contribution in [0.5, 0.6) is 0 Å². The van der Waals surface area contributed by atoms with Gasteiger partial charge in [0.05, 0.1) is 15.9 Å². The Hall–Kier alpha value is -0.910. The first-order valence-corrected chi connectivity index (χ1v) is 7.22. The second kappa shape index (κ2) is 5.82. The van der Waals surface area contributed by atoms with Gasteiger partial charge in [-0.2, -0.15) is 0 Å². The number of aromatic nitrogens is 1. The van der Waals surface area contributed by atoms with Gasteiger partial charge in [0.25, 0.3) is 5.91 Å². The molecular formula is C12H10BrClN2OS. The van der Waals surface area contributed by atoms with Gasteiger partial charge in [0, 0.05) is 11.1 Å². The van der Waals surface area contributed by atoms with Crippen molar-refractivity contribution in [2.45, 2.75) is 13.0 Å². The van der Waals surface area contributed by atoms with Gasteiger partial charge in [-0.1, -0.05) is 11.6 Å². The maximum Gasteiger partial charge on any atom is 0.253 e. The summed E-state index contributed by atoms with van der Waals surface area (Å²) in [6, 6.07) is 7.13. The quantitative estimate of drug-likeness (QED) is 0.853. The van der Waals surface area contributed by atoms with E-state index in [2.05, 4.69) is 26.2 Å². The summed E-state index contributed by atoms with van der Waals surface area (Å²) in [7, 11) is 0. The number of carbonyl (C=O) groups excluding carboxylic acids is 1. The van der Waals surface area contributed by atoms with Crippen LogP contribution in [0.15, 0.2) is 35.1 Å². The Morgan fingerprint density at radius 1 is 1.44 bits per heavy atom. The molecule has 18 heavy (non-hydrogen) atoms. The van der Waals surface area contributed by atoms with Gasteiger partial charge in [-0.05, 0) is 47.1 Å². The van der Waals surface area contributed by atoms with Crippen molar-refractivity contribution in [1.82, 2.24) is 10.3 Å². The number of pyridine rings is 1. The molecule has 0 aliphatic rings. The first-order chi connectivity index (χ1) is 8.56. The molecule has 1 atom stereocenters. The van der Waals surface area contributed by atoms with E-state index in [9.17, 15) is 4.79 Å². The molecule has 0 radical (unpaired) electrons. The molecule has 1 amide bonds. The summed E-state index contributed by atoms with van der Waals surface area (Å²) in [5.41, 5.74) is 0.535. The molecule has 2 heterocycles. The summed E-state index contributed by atoms with van der Waals surface area (Å²) >= 11 is 10.6. The van der Waals surface area contributed by atoms with E-state index in [0.717, 1.165) is 9.21 Å². The molecule has 2 rings (SSSR count). The molecule has 0 bridgehead atoms. The molecule has 3 nitrogen and oxygen atoms in total. The van der Waals surface area contributed by atoms with E-state index in [4.69, 9.17) is 11.6 Å². The van der Waals surface area contributed by atoms with Crippen LogP contribution in [0, 0.1) is 0 Å². The second-order valence-electron chi connectivity index (χ2n) is 3.71. The van der Waals surface area contributed by atoms with Crippen molar-refractivity contribution in [3.8, 4) is 0 Å². The Morgan fingerprint density at radius 3 is 2.78 bits per heavy atom. The molecule has 1 N–H and O–H groups in total. The van der Waals surface area contributed by atoms with Crippen LogP contribution in [-0.4, -0.2) is 10.9 Å². The van der Waals surface area contributed by atoms with Crippen LogP contribution >= 0.6 is 38.9 Å². The van der Waals surface area contributed by atoms with Crippen LogP contribution in [0.4, 0.5) is 0 Å². The second-order valence-corrected chi connectivity index (χ2v) is 6.27. The predicted octanol–water partition coefficient (Wildman–Crippen LogP) is 4.05. The first-order valence-electron chi connectivity index (χ1n) is 5.24. The van der Waals surface area contributed by atoms with Gasteiger partial charge in [0.15, 0.2) is 0 Å².